The van der Waals surface area contributed by atoms with Crippen LogP contribution >= 0.6 is 0 Å². The number of piperazine rings is 1. The van der Waals surface area contributed by atoms with Crippen molar-refractivity contribution in [3.05, 3.63) is 29.8 Å². The molecule has 0 aromatic heterocycles. The fraction of sp³-hybridized carbons (Fsp3) is 0.600. The highest BCUT2D eigenvalue weighted by Gasteiger charge is 2.12. The van der Waals surface area contributed by atoms with E-state index < -0.39 is 0 Å². The lowest BCUT2D eigenvalue weighted by atomic mass is 10.2. The zero-order chi connectivity index (χ0) is 13.5. The number of nitrogens with one attached hydrogen (secondary N) is 1. The Morgan fingerprint density at radius 2 is 1.79 bits per heavy atom. The fourth-order valence-electron chi connectivity index (χ4n) is 2.35. The number of rotatable bonds is 6. The second kappa shape index (κ2) is 7.48. The molecule has 1 aliphatic heterocycles. The van der Waals surface area contributed by atoms with E-state index in [4.69, 9.17) is 0 Å². The van der Waals surface area contributed by atoms with Gasteiger partial charge in [0.2, 0.25) is 0 Å². The number of likely N-dealkylation sites (N-methyl/N-ethyl adjacent to an activating group) is 1. The molecule has 0 bridgehead atoms. The molecule has 2 rings (SSSR count). The number of aromatic hydroxyl groups is 1. The van der Waals surface area contributed by atoms with Gasteiger partial charge in [0.1, 0.15) is 5.75 Å². The van der Waals surface area contributed by atoms with E-state index in [0.717, 1.165) is 13.1 Å². The largest absolute Gasteiger partial charge is 0.508 e. The van der Waals surface area contributed by atoms with Crippen LogP contribution in [0.2, 0.25) is 0 Å². The molecule has 0 amide bonds. The molecular weight excluding hydrogens is 238 g/mol. The lowest BCUT2D eigenvalue weighted by molar-refractivity contribution is 0.153. The minimum atomic E-state index is 0.332. The smallest absolute Gasteiger partial charge is 0.115 e. The van der Waals surface area contributed by atoms with Crippen molar-refractivity contribution in [2.75, 3.05) is 46.3 Å². The van der Waals surface area contributed by atoms with E-state index in [9.17, 15) is 5.11 Å². The number of phenolic OH excluding ortho intramolecular Hbond substituents is 1. The maximum atomic E-state index is 9.20. The van der Waals surface area contributed by atoms with Gasteiger partial charge in [-0.05, 0) is 44.3 Å². The van der Waals surface area contributed by atoms with Crippen LogP contribution in [0.4, 0.5) is 0 Å². The number of nitrogens with zero attached hydrogens (tertiary/aromatic N) is 2. The summed E-state index contributed by atoms with van der Waals surface area (Å²) in [5, 5.41) is 12.7. The van der Waals surface area contributed by atoms with Gasteiger partial charge in [-0.15, -0.1) is 0 Å². The average Bonchev–Trinajstić information content (AvgIpc) is 2.43. The van der Waals surface area contributed by atoms with Gasteiger partial charge in [0.25, 0.3) is 0 Å². The summed E-state index contributed by atoms with van der Waals surface area (Å²) in [7, 11) is 2.19. The van der Waals surface area contributed by atoms with Crippen LogP contribution in [0.25, 0.3) is 0 Å². The molecule has 106 valence electrons. The van der Waals surface area contributed by atoms with Gasteiger partial charge in [-0.3, -0.25) is 0 Å². The van der Waals surface area contributed by atoms with Gasteiger partial charge in [-0.1, -0.05) is 12.1 Å². The molecule has 4 heteroatoms. The summed E-state index contributed by atoms with van der Waals surface area (Å²) in [4.78, 5) is 4.93. The lowest BCUT2D eigenvalue weighted by Gasteiger charge is -2.32. The monoisotopic (exact) mass is 263 g/mol. The first-order valence-corrected chi connectivity index (χ1v) is 7.13. The third kappa shape index (κ3) is 5.19. The molecule has 4 nitrogen and oxygen atoms in total. The maximum Gasteiger partial charge on any atom is 0.115 e. The predicted molar refractivity (Wildman–Crippen MR) is 78.4 cm³/mol. The second-order valence-electron chi connectivity index (χ2n) is 5.34. The Morgan fingerprint density at radius 1 is 1.11 bits per heavy atom. The Balaban J connectivity index is 1.53. The molecule has 1 aliphatic rings. The second-order valence-corrected chi connectivity index (χ2v) is 5.34. The van der Waals surface area contributed by atoms with Gasteiger partial charge in [0.15, 0.2) is 0 Å². The van der Waals surface area contributed by atoms with Gasteiger partial charge in [-0.2, -0.15) is 0 Å². The van der Waals surface area contributed by atoms with Gasteiger partial charge >= 0.3 is 0 Å². The Kier molecular flexibility index (Phi) is 5.63. The number of hydrogen-bond donors (Lipinski definition) is 2. The fourth-order valence-corrected chi connectivity index (χ4v) is 2.35. The maximum absolute atomic E-state index is 9.20. The van der Waals surface area contributed by atoms with E-state index in [0.29, 0.717) is 5.75 Å². The highest BCUT2D eigenvalue weighted by Crippen LogP contribution is 2.09. The Labute approximate surface area is 116 Å². The van der Waals surface area contributed by atoms with Crippen molar-refractivity contribution < 1.29 is 5.11 Å². The van der Waals surface area contributed by atoms with Crippen LogP contribution in [-0.2, 0) is 6.54 Å². The van der Waals surface area contributed by atoms with Crippen molar-refractivity contribution >= 4 is 0 Å². The summed E-state index contributed by atoms with van der Waals surface area (Å²) in [5.74, 6) is 0.332. The molecule has 1 heterocycles. The summed E-state index contributed by atoms with van der Waals surface area (Å²) < 4.78 is 0. The predicted octanol–water partition coefficient (Wildman–Crippen LogP) is 1.12. The van der Waals surface area contributed by atoms with Crippen LogP contribution in [0, 0.1) is 0 Å². The van der Waals surface area contributed by atoms with Crippen molar-refractivity contribution in [1.29, 1.82) is 0 Å². The molecule has 0 aliphatic carbocycles. The first-order chi connectivity index (χ1) is 9.24. The van der Waals surface area contributed by atoms with E-state index >= 15 is 0 Å². The van der Waals surface area contributed by atoms with E-state index in [-0.39, 0.29) is 0 Å². The molecule has 0 radical (unpaired) electrons. The molecule has 0 atom stereocenters. The summed E-state index contributed by atoms with van der Waals surface area (Å²) in [6, 6.07) is 7.40. The summed E-state index contributed by atoms with van der Waals surface area (Å²) in [6.45, 7) is 7.91. The van der Waals surface area contributed by atoms with Crippen LogP contribution in [0.5, 0.6) is 5.75 Å². The Bertz CT molecular complexity index is 358. The molecule has 0 saturated carbocycles. The van der Waals surface area contributed by atoms with Crippen LogP contribution in [0.1, 0.15) is 12.0 Å². The van der Waals surface area contributed by atoms with E-state index in [1.807, 2.05) is 12.1 Å². The van der Waals surface area contributed by atoms with E-state index in [2.05, 4.69) is 22.2 Å². The molecule has 19 heavy (non-hydrogen) atoms. The van der Waals surface area contributed by atoms with Gasteiger partial charge in [0, 0.05) is 32.7 Å². The topological polar surface area (TPSA) is 38.7 Å². The summed E-state index contributed by atoms with van der Waals surface area (Å²) in [5.41, 5.74) is 1.22. The molecule has 1 aromatic rings. The third-order valence-electron chi connectivity index (χ3n) is 3.69. The number of hydrogen-bond acceptors (Lipinski definition) is 4. The number of phenols is 1. The SMILES string of the molecule is CN1CCN(CCCNCc2ccc(O)cc2)CC1. The Hall–Kier alpha value is -1.10. The highest BCUT2D eigenvalue weighted by molar-refractivity contribution is 5.25. The summed E-state index contributed by atoms with van der Waals surface area (Å²) in [6.07, 6.45) is 1.20. The number of benzene rings is 1. The zero-order valence-electron chi connectivity index (χ0n) is 11.8. The van der Waals surface area contributed by atoms with Crippen LogP contribution in [0.15, 0.2) is 24.3 Å². The molecule has 1 aromatic carbocycles. The Morgan fingerprint density at radius 3 is 2.47 bits per heavy atom. The first kappa shape index (κ1) is 14.3. The minimum absolute atomic E-state index is 0.332. The molecule has 2 N–H and O–H groups in total. The lowest BCUT2D eigenvalue weighted by Crippen LogP contribution is -2.45. The first-order valence-electron chi connectivity index (χ1n) is 7.13. The summed E-state index contributed by atoms with van der Waals surface area (Å²) >= 11 is 0. The normalized spacial score (nSPS) is 17.7. The van der Waals surface area contributed by atoms with Crippen molar-refractivity contribution in [1.82, 2.24) is 15.1 Å². The van der Waals surface area contributed by atoms with Crippen molar-refractivity contribution in [3.63, 3.8) is 0 Å². The molecule has 0 spiro atoms. The van der Waals surface area contributed by atoms with Crippen LogP contribution in [-0.4, -0.2) is 61.2 Å². The van der Waals surface area contributed by atoms with Gasteiger partial charge < -0.3 is 20.2 Å². The quantitative estimate of drug-likeness (QED) is 0.755. The highest BCUT2D eigenvalue weighted by atomic mass is 16.3. The van der Waals surface area contributed by atoms with Crippen molar-refractivity contribution in [2.24, 2.45) is 0 Å². The van der Waals surface area contributed by atoms with E-state index in [1.165, 1.54) is 44.7 Å². The third-order valence-corrected chi connectivity index (χ3v) is 3.69. The standard InChI is InChI=1S/C15H25N3O/c1-17-9-11-18(12-10-17)8-2-7-16-13-14-3-5-15(19)6-4-14/h3-6,16,19H,2,7-13H2,1H3. The van der Waals surface area contributed by atoms with Crippen molar-refractivity contribution in [3.8, 4) is 5.75 Å². The van der Waals surface area contributed by atoms with Crippen LogP contribution < -0.4 is 5.32 Å². The minimum Gasteiger partial charge on any atom is -0.508 e. The van der Waals surface area contributed by atoms with Crippen molar-refractivity contribution in [2.45, 2.75) is 13.0 Å². The molecule has 0 unspecified atom stereocenters. The average molecular weight is 263 g/mol. The zero-order valence-corrected chi connectivity index (χ0v) is 11.8. The molecule has 1 saturated heterocycles. The molecular formula is C15H25N3O. The molecule has 1 fully saturated rings. The van der Waals surface area contributed by atoms with E-state index in [1.54, 1.807) is 12.1 Å². The van der Waals surface area contributed by atoms with Gasteiger partial charge in [-0.25, -0.2) is 0 Å². The van der Waals surface area contributed by atoms with Gasteiger partial charge in [0.05, 0.1) is 0 Å². The van der Waals surface area contributed by atoms with Crippen LogP contribution in [0.3, 0.4) is 0 Å².